The number of methoxy groups -OCH3 is 2. The van der Waals surface area contributed by atoms with E-state index in [9.17, 15) is 4.79 Å². The highest BCUT2D eigenvalue weighted by molar-refractivity contribution is 7.21. The van der Waals surface area contributed by atoms with Gasteiger partial charge in [0.15, 0.2) is 28.0 Å². The Balaban J connectivity index is 1.58. The minimum absolute atomic E-state index is 0.212. The number of thiazole rings is 1. The smallest absolute Gasteiger partial charge is 0.291 e. The van der Waals surface area contributed by atoms with Crippen LogP contribution in [0.3, 0.4) is 0 Å². The van der Waals surface area contributed by atoms with Crippen LogP contribution in [-0.2, 0) is 0 Å². The van der Waals surface area contributed by atoms with Gasteiger partial charge in [0.2, 0.25) is 0 Å². The van der Waals surface area contributed by atoms with E-state index in [-0.39, 0.29) is 11.7 Å². The highest BCUT2D eigenvalue weighted by Gasteiger charge is 2.17. The minimum atomic E-state index is -0.345. The summed E-state index contributed by atoms with van der Waals surface area (Å²) in [5.74, 6) is 1.58. The second-order valence-electron chi connectivity index (χ2n) is 6.13. The number of amides is 1. The Hall–Kier alpha value is -3.32. The van der Waals surface area contributed by atoms with Crippen molar-refractivity contribution in [3.05, 3.63) is 59.9 Å². The summed E-state index contributed by atoms with van der Waals surface area (Å²) in [7, 11) is 3.12. The van der Waals surface area contributed by atoms with E-state index >= 15 is 0 Å². The van der Waals surface area contributed by atoms with Gasteiger partial charge < -0.3 is 19.2 Å². The number of fused-ring (bicyclic) bond motifs is 1. The lowest BCUT2D eigenvalue weighted by Gasteiger charge is -2.13. The van der Waals surface area contributed by atoms with Crippen molar-refractivity contribution in [2.24, 2.45) is 0 Å². The normalized spacial score (nSPS) is 10.8. The number of nitrogens with one attached hydrogen (secondary N) is 1. The van der Waals surface area contributed by atoms with E-state index in [1.807, 2.05) is 37.3 Å². The molecule has 28 heavy (non-hydrogen) atoms. The lowest BCUT2D eigenvalue weighted by molar-refractivity contribution is 0.0997. The molecule has 4 rings (SSSR count). The van der Waals surface area contributed by atoms with E-state index in [1.165, 1.54) is 11.3 Å². The monoisotopic (exact) mass is 394 g/mol. The van der Waals surface area contributed by atoms with Gasteiger partial charge >= 0.3 is 0 Å². The quantitative estimate of drug-likeness (QED) is 0.508. The predicted molar refractivity (Wildman–Crippen MR) is 110 cm³/mol. The Morgan fingerprint density at radius 3 is 2.57 bits per heavy atom. The number of furan rings is 1. The van der Waals surface area contributed by atoms with Crippen LogP contribution in [0.1, 0.15) is 16.1 Å². The van der Waals surface area contributed by atoms with Crippen LogP contribution in [-0.4, -0.2) is 25.1 Å². The van der Waals surface area contributed by atoms with E-state index < -0.39 is 0 Å². The number of aryl methyl sites for hydroxylation is 1. The van der Waals surface area contributed by atoms with Crippen LogP contribution < -0.4 is 14.8 Å². The zero-order valence-corrected chi connectivity index (χ0v) is 16.4. The van der Waals surface area contributed by atoms with E-state index in [4.69, 9.17) is 13.9 Å². The SMILES string of the molecule is COc1cc(C)c(NC(=O)c2ccc(-c3nc4ccccc4s3)o2)cc1OC. The fourth-order valence-electron chi connectivity index (χ4n) is 2.85. The first kappa shape index (κ1) is 18.1. The summed E-state index contributed by atoms with van der Waals surface area (Å²) in [5.41, 5.74) is 2.38. The molecular weight excluding hydrogens is 376 g/mol. The van der Waals surface area contributed by atoms with Crippen molar-refractivity contribution < 1.29 is 18.7 Å². The van der Waals surface area contributed by atoms with Crippen LogP contribution in [0, 0.1) is 6.92 Å². The number of aromatic nitrogens is 1. The first-order chi connectivity index (χ1) is 13.6. The van der Waals surface area contributed by atoms with E-state index in [0.29, 0.717) is 22.9 Å². The first-order valence-electron chi connectivity index (χ1n) is 8.59. The predicted octanol–water partition coefficient (Wildman–Crippen LogP) is 5.13. The number of carbonyl (C=O) groups is 1. The van der Waals surface area contributed by atoms with E-state index in [1.54, 1.807) is 32.4 Å². The number of nitrogens with zero attached hydrogens (tertiary/aromatic N) is 1. The standard InChI is InChI=1S/C21H18N2O4S/c1-12-10-17(25-2)18(26-3)11-14(12)22-20(24)15-8-9-16(27-15)21-23-13-6-4-5-7-19(13)28-21/h4-11H,1-3H3,(H,22,24). The van der Waals surface area contributed by atoms with Crippen LogP contribution >= 0.6 is 11.3 Å². The van der Waals surface area contributed by atoms with E-state index in [2.05, 4.69) is 10.3 Å². The number of rotatable bonds is 5. The van der Waals surface area contributed by atoms with Crippen LogP contribution in [0.5, 0.6) is 11.5 Å². The number of hydrogen-bond acceptors (Lipinski definition) is 6. The summed E-state index contributed by atoms with van der Waals surface area (Å²) in [5, 5.41) is 3.60. The zero-order valence-electron chi connectivity index (χ0n) is 15.6. The van der Waals surface area contributed by atoms with Gasteiger partial charge in [-0.3, -0.25) is 4.79 Å². The van der Waals surface area contributed by atoms with Crippen molar-refractivity contribution in [2.75, 3.05) is 19.5 Å². The zero-order chi connectivity index (χ0) is 19.7. The largest absolute Gasteiger partial charge is 0.493 e. The molecule has 0 bridgehead atoms. The fraction of sp³-hybridized carbons (Fsp3) is 0.143. The molecule has 7 heteroatoms. The summed E-state index contributed by atoms with van der Waals surface area (Å²) in [6.45, 7) is 1.88. The average molecular weight is 394 g/mol. The highest BCUT2D eigenvalue weighted by atomic mass is 32.1. The minimum Gasteiger partial charge on any atom is -0.493 e. The summed E-state index contributed by atoms with van der Waals surface area (Å²) in [4.78, 5) is 17.2. The van der Waals surface area contributed by atoms with Gasteiger partial charge in [-0.25, -0.2) is 4.98 Å². The molecule has 0 aliphatic heterocycles. The van der Waals surface area contributed by atoms with Gasteiger partial charge in [-0.2, -0.15) is 0 Å². The molecule has 2 aromatic carbocycles. The molecule has 1 amide bonds. The van der Waals surface area contributed by atoms with Gasteiger partial charge in [0.25, 0.3) is 5.91 Å². The maximum Gasteiger partial charge on any atom is 0.291 e. The topological polar surface area (TPSA) is 73.6 Å². The Morgan fingerprint density at radius 2 is 1.82 bits per heavy atom. The molecule has 0 saturated carbocycles. The van der Waals surface area contributed by atoms with Crippen molar-refractivity contribution in [1.82, 2.24) is 4.98 Å². The Bertz CT molecular complexity index is 1130. The highest BCUT2D eigenvalue weighted by Crippen LogP contribution is 2.34. The summed E-state index contributed by atoms with van der Waals surface area (Å²) in [6.07, 6.45) is 0. The average Bonchev–Trinajstić information content (AvgIpc) is 3.36. The molecule has 0 atom stereocenters. The number of anilines is 1. The molecule has 0 saturated heterocycles. The lowest BCUT2D eigenvalue weighted by Crippen LogP contribution is -2.12. The molecule has 0 radical (unpaired) electrons. The Morgan fingerprint density at radius 1 is 1.07 bits per heavy atom. The maximum atomic E-state index is 12.6. The second kappa shape index (κ2) is 7.36. The third-order valence-electron chi connectivity index (χ3n) is 4.31. The Labute approximate surface area is 165 Å². The van der Waals surface area contributed by atoms with E-state index in [0.717, 1.165) is 20.8 Å². The van der Waals surface area contributed by atoms with Crippen molar-refractivity contribution in [2.45, 2.75) is 6.92 Å². The van der Waals surface area contributed by atoms with Crippen molar-refractivity contribution >= 4 is 33.1 Å². The number of carbonyl (C=O) groups excluding carboxylic acids is 1. The van der Waals surface area contributed by atoms with Crippen LogP contribution in [0.25, 0.3) is 21.0 Å². The molecule has 0 spiro atoms. The fourth-order valence-corrected chi connectivity index (χ4v) is 3.78. The van der Waals surface area contributed by atoms with Gasteiger partial charge in [0, 0.05) is 11.8 Å². The maximum absolute atomic E-state index is 12.6. The first-order valence-corrected chi connectivity index (χ1v) is 9.40. The molecule has 0 fully saturated rings. The van der Waals surface area contributed by atoms with Crippen LogP contribution in [0.4, 0.5) is 5.69 Å². The van der Waals surface area contributed by atoms with Crippen molar-refractivity contribution in [3.8, 4) is 22.3 Å². The number of hydrogen-bond donors (Lipinski definition) is 1. The summed E-state index contributed by atoms with van der Waals surface area (Å²) in [6, 6.07) is 14.8. The molecule has 0 unspecified atom stereocenters. The van der Waals surface area contributed by atoms with Crippen molar-refractivity contribution in [3.63, 3.8) is 0 Å². The third-order valence-corrected chi connectivity index (χ3v) is 5.36. The number of benzene rings is 2. The summed E-state index contributed by atoms with van der Waals surface area (Å²) >= 11 is 1.52. The van der Waals surface area contributed by atoms with Crippen molar-refractivity contribution in [1.29, 1.82) is 0 Å². The van der Waals surface area contributed by atoms with Gasteiger partial charge in [-0.05, 0) is 42.8 Å². The third kappa shape index (κ3) is 3.32. The summed E-state index contributed by atoms with van der Waals surface area (Å²) < 4.78 is 17.4. The van der Waals surface area contributed by atoms with Gasteiger partial charge in [0.1, 0.15) is 0 Å². The Kier molecular flexibility index (Phi) is 4.75. The van der Waals surface area contributed by atoms with Gasteiger partial charge in [0.05, 0.1) is 24.4 Å². The second-order valence-corrected chi connectivity index (χ2v) is 7.16. The molecule has 0 aliphatic carbocycles. The molecule has 0 aliphatic rings. The molecular formula is C21H18N2O4S. The van der Waals surface area contributed by atoms with Crippen LogP contribution in [0.2, 0.25) is 0 Å². The lowest BCUT2D eigenvalue weighted by atomic mass is 10.1. The molecule has 1 N–H and O–H groups in total. The number of para-hydroxylation sites is 1. The molecule has 142 valence electrons. The van der Waals surface area contributed by atoms with Gasteiger partial charge in [-0.1, -0.05) is 12.1 Å². The number of ether oxygens (including phenoxy) is 2. The molecule has 4 aromatic rings. The van der Waals surface area contributed by atoms with Gasteiger partial charge in [-0.15, -0.1) is 11.3 Å². The molecule has 2 aromatic heterocycles. The molecule has 2 heterocycles. The van der Waals surface area contributed by atoms with Crippen LogP contribution in [0.15, 0.2) is 52.9 Å². The molecule has 6 nitrogen and oxygen atoms in total.